The summed E-state index contributed by atoms with van der Waals surface area (Å²) in [5, 5.41) is 24.5. The maximum Gasteiger partial charge on any atom is 0.164 e. The standard InChI is InChI=1S/C11H10ClIN6O3/c12-9-6-4(13)2-19(10(6)16-3-15-9)11-8(21)7(20)5(22-11)1-17-18-14/h2-3,5,7-8,11,20-21H,1H2/t5-,7-,8-,11+/m1/s1. The average Bonchev–Trinajstić information content (AvgIpc) is 2.97. The molecule has 2 N–H and O–H groups in total. The van der Waals surface area contributed by atoms with Crippen LogP contribution in [0.15, 0.2) is 17.6 Å². The molecule has 2 aromatic heterocycles. The van der Waals surface area contributed by atoms with Gasteiger partial charge in [0.15, 0.2) is 6.23 Å². The minimum Gasteiger partial charge on any atom is -0.388 e. The van der Waals surface area contributed by atoms with Crippen molar-refractivity contribution in [2.75, 3.05) is 6.54 Å². The zero-order valence-corrected chi connectivity index (χ0v) is 13.8. The third-order valence-electron chi connectivity index (χ3n) is 3.45. The lowest BCUT2D eigenvalue weighted by Gasteiger charge is -2.17. The van der Waals surface area contributed by atoms with Crippen LogP contribution in [-0.2, 0) is 4.74 Å². The lowest BCUT2D eigenvalue weighted by Crippen LogP contribution is -2.32. The first-order valence-electron chi connectivity index (χ1n) is 6.23. The van der Waals surface area contributed by atoms with Gasteiger partial charge < -0.3 is 19.5 Å². The number of aliphatic hydroxyl groups excluding tert-OH is 2. The van der Waals surface area contributed by atoms with Gasteiger partial charge >= 0.3 is 0 Å². The molecule has 0 aliphatic carbocycles. The molecule has 0 radical (unpaired) electrons. The topological polar surface area (TPSA) is 129 Å². The third-order valence-corrected chi connectivity index (χ3v) is 4.56. The highest BCUT2D eigenvalue weighted by atomic mass is 127. The highest BCUT2D eigenvalue weighted by Crippen LogP contribution is 2.35. The molecular weight excluding hydrogens is 427 g/mol. The monoisotopic (exact) mass is 436 g/mol. The van der Waals surface area contributed by atoms with Gasteiger partial charge in [-0.3, -0.25) is 0 Å². The number of azide groups is 1. The summed E-state index contributed by atoms with van der Waals surface area (Å²) in [6.45, 7) is -0.0722. The van der Waals surface area contributed by atoms with E-state index in [1.807, 2.05) is 0 Å². The van der Waals surface area contributed by atoms with Crippen LogP contribution < -0.4 is 0 Å². The van der Waals surface area contributed by atoms with Gasteiger partial charge in [0, 0.05) is 14.7 Å². The molecule has 22 heavy (non-hydrogen) atoms. The second-order valence-corrected chi connectivity index (χ2v) is 6.23. The SMILES string of the molecule is [N-]=[N+]=NC[C@H]1O[C@H](n2cc(I)c3c(Cl)ncnc32)[C@H](O)[C@@H]1O. The van der Waals surface area contributed by atoms with E-state index in [-0.39, 0.29) is 6.54 Å². The maximum atomic E-state index is 10.2. The molecule has 3 heterocycles. The zero-order chi connectivity index (χ0) is 15.9. The summed E-state index contributed by atoms with van der Waals surface area (Å²) >= 11 is 8.15. The summed E-state index contributed by atoms with van der Waals surface area (Å²) in [4.78, 5) is 10.7. The molecule has 3 rings (SSSR count). The Bertz CT molecular complexity index is 764. The minimum atomic E-state index is -1.18. The molecular formula is C11H10ClIN6O3. The van der Waals surface area contributed by atoms with Crippen molar-refractivity contribution in [1.82, 2.24) is 14.5 Å². The molecule has 0 spiro atoms. The zero-order valence-electron chi connectivity index (χ0n) is 10.9. The summed E-state index contributed by atoms with van der Waals surface area (Å²) in [7, 11) is 0. The van der Waals surface area contributed by atoms with Gasteiger partial charge in [0.2, 0.25) is 0 Å². The minimum absolute atomic E-state index is 0.0722. The second-order valence-electron chi connectivity index (χ2n) is 4.71. The van der Waals surface area contributed by atoms with E-state index in [1.54, 1.807) is 10.8 Å². The quantitative estimate of drug-likeness (QED) is 0.248. The molecule has 0 unspecified atom stereocenters. The number of nitrogens with zero attached hydrogens (tertiary/aromatic N) is 6. The van der Waals surface area contributed by atoms with Crippen molar-refractivity contribution < 1.29 is 14.9 Å². The Hall–Kier alpha value is -1.17. The van der Waals surface area contributed by atoms with E-state index in [4.69, 9.17) is 21.9 Å². The van der Waals surface area contributed by atoms with Gasteiger partial charge in [-0.05, 0) is 28.1 Å². The molecule has 11 heteroatoms. The molecule has 2 aromatic rings. The predicted molar refractivity (Wildman–Crippen MR) is 85.2 cm³/mol. The first-order valence-corrected chi connectivity index (χ1v) is 7.69. The summed E-state index contributed by atoms with van der Waals surface area (Å²) < 4.78 is 8.01. The summed E-state index contributed by atoms with van der Waals surface area (Å²) in [6, 6.07) is 0. The van der Waals surface area contributed by atoms with Crippen molar-refractivity contribution in [1.29, 1.82) is 0 Å². The van der Waals surface area contributed by atoms with Gasteiger partial charge in [0.1, 0.15) is 29.3 Å². The van der Waals surface area contributed by atoms with Gasteiger partial charge in [0.05, 0.1) is 18.0 Å². The van der Waals surface area contributed by atoms with E-state index in [0.717, 1.165) is 3.57 Å². The van der Waals surface area contributed by atoms with Crippen LogP contribution in [-0.4, -0.2) is 49.6 Å². The van der Waals surface area contributed by atoms with Gasteiger partial charge in [-0.15, -0.1) is 0 Å². The van der Waals surface area contributed by atoms with Crippen molar-refractivity contribution in [3.05, 3.63) is 31.7 Å². The Kier molecular flexibility index (Phi) is 4.39. The van der Waals surface area contributed by atoms with Crippen molar-refractivity contribution in [2.24, 2.45) is 5.11 Å². The van der Waals surface area contributed by atoms with Crippen LogP contribution in [0.3, 0.4) is 0 Å². The van der Waals surface area contributed by atoms with E-state index in [2.05, 4.69) is 42.6 Å². The molecule has 0 saturated carbocycles. The van der Waals surface area contributed by atoms with E-state index in [1.165, 1.54) is 6.33 Å². The number of rotatable bonds is 3. The maximum absolute atomic E-state index is 10.2. The van der Waals surface area contributed by atoms with Crippen LogP contribution in [0.4, 0.5) is 0 Å². The van der Waals surface area contributed by atoms with Crippen molar-refractivity contribution in [3.8, 4) is 0 Å². The highest BCUT2D eigenvalue weighted by molar-refractivity contribution is 14.1. The molecule has 1 aliphatic heterocycles. The number of hydrogen-bond donors (Lipinski definition) is 2. The summed E-state index contributed by atoms with van der Waals surface area (Å²) in [5.41, 5.74) is 8.85. The van der Waals surface area contributed by atoms with Crippen LogP contribution in [0.25, 0.3) is 21.5 Å². The molecule has 0 aromatic carbocycles. The van der Waals surface area contributed by atoms with Crippen LogP contribution in [0.2, 0.25) is 5.15 Å². The fourth-order valence-electron chi connectivity index (χ4n) is 2.43. The fraction of sp³-hybridized carbons (Fsp3) is 0.455. The Morgan fingerprint density at radius 3 is 2.95 bits per heavy atom. The Labute approximate surface area is 142 Å². The second kappa shape index (κ2) is 6.14. The molecule has 116 valence electrons. The number of aromatic nitrogens is 3. The Morgan fingerprint density at radius 1 is 1.45 bits per heavy atom. The lowest BCUT2D eigenvalue weighted by atomic mass is 10.1. The van der Waals surface area contributed by atoms with Crippen molar-refractivity contribution in [2.45, 2.75) is 24.5 Å². The fourth-order valence-corrected chi connectivity index (χ4v) is 3.61. The van der Waals surface area contributed by atoms with E-state index in [0.29, 0.717) is 16.2 Å². The number of halogens is 2. The van der Waals surface area contributed by atoms with Crippen molar-refractivity contribution >= 4 is 45.2 Å². The molecule has 1 saturated heterocycles. The van der Waals surface area contributed by atoms with Crippen LogP contribution >= 0.6 is 34.2 Å². The van der Waals surface area contributed by atoms with E-state index < -0.39 is 24.5 Å². The third kappa shape index (κ3) is 2.51. The van der Waals surface area contributed by atoms with Crippen molar-refractivity contribution in [3.63, 3.8) is 0 Å². The molecule has 9 nitrogen and oxygen atoms in total. The number of fused-ring (bicyclic) bond motifs is 1. The number of ether oxygens (including phenoxy) is 1. The first-order chi connectivity index (χ1) is 10.5. The molecule has 0 amide bonds. The molecule has 1 aliphatic rings. The van der Waals surface area contributed by atoms with Crippen LogP contribution in [0.5, 0.6) is 0 Å². The molecule has 4 atom stereocenters. The number of hydrogen-bond acceptors (Lipinski definition) is 6. The lowest BCUT2D eigenvalue weighted by molar-refractivity contribution is -0.0319. The normalized spacial score (nSPS) is 28.0. The van der Waals surface area contributed by atoms with Gasteiger partial charge in [-0.2, -0.15) is 0 Å². The molecule has 0 bridgehead atoms. The van der Waals surface area contributed by atoms with Crippen LogP contribution in [0.1, 0.15) is 6.23 Å². The smallest absolute Gasteiger partial charge is 0.164 e. The van der Waals surface area contributed by atoms with Gasteiger partial charge in [0.25, 0.3) is 0 Å². The Balaban J connectivity index is 2.01. The van der Waals surface area contributed by atoms with Gasteiger partial charge in [-0.25, -0.2) is 9.97 Å². The Morgan fingerprint density at radius 2 is 2.23 bits per heavy atom. The first kappa shape index (κ1) is 15.7. The van der Waals surface area contributed by atoms with E-state index >= 15 is 0 Å². The highest BCUT2D eigenvalue weighted by Gasteiger charge is 2.43. The average molecular weight is 437 g/mol. The number of aliphatic hydroxyl groups is 2. The summed E-state index contributed by atoms with van der Waals surface area (Å²) in [6.07, 6.45) is -0.967. The van der Waals surface area contributed by atoms with E-state index in [9.17, 15) is 10.2 Å². The molecule has 1 fully saturated rings. The van der Waals surface area contributed by atoms with Crippen LogP contribution in [0, 0.1) is 3.57 Å². The summed E-state index contributed by atoms with van der Waals surface area (Å²) in [5.74, 6) is 0. The van der Waals surface area contributed by atoms with Gasteiger partial charge in [-0.1, -0.05) is 16.7 Å². The predicted octanol–water partition coefficient (Wildman–Crippen LogP) is 1.62. The largest absolute Gasteiger partial charge is 0.388 e.